The zero-order valence-electron chi connectivity index (χ0n) is 12.5. The van der Waals surface area contributed by atoms with Gasteiger partial charge in [-0.2, -0.15) is 0 Å². The molecule has 0 saturated carbocycles. The standard InChI is InChI=1S/C16H23N3O/c1-4-19-11-15(17-18-19)10-9-14-7-5-6-8-16(14)20-12-13(2)3/h5-8,11,13H,4,9-10,12H2,1-3H3. The largest absolute Gasteiger partial charge is 0.493 e. The summed E-state index contributed by atoms with van der Waals surface area (Å²) in [6.45, 7) is 8.00. The molecular weight excluding hydrogens is 250 g/mol. The minimum Gasteiger partial charge on any atom is -0.493 e. The lowest BCUT2D eigenvalue weighted by Crippen LogP contribution is -2.06. The van der Waals surface area contributed by atoms with Crippen molar-refractivity contribution in [3.63, 3.8) is 0 Å². The second-order valence-corrected chi connectivity index (χ2v) is 5.38. The highest BCUT2D eigenvalue weighted by molar-refractivity contribution is 5.33. The molecule has 2 rings (SSSR count). The minimum absolute atomic E-state index is 0.535. The molecule has 0 spiro atoms. The summed E-state index contributed by atoms with van der Waals surface area (Å²) in [5.41, 5.74) is 2.27. The van der Waals surface area contributed by atoms with E-state index in [0.29, 0.717) is 5.92 Å². The summed E-state index contributed by atoms with van der Waals surface area (Å²) < 4.78 is 7.73. The van der Waals surface area contributed by atoms with E-state index in [1.807, 2.05) is 23.0 Å². The molecule has 0 aliphatic carbocycles. The van der Waals surface area contributed by atoms with Crippen molar-refractivity contribution < 1.29 is 4.74 Å². The zero-order chi connectivity index (χ0) is 14.4. The first-order valence-corrected chi connectivity index (χ1v) is 7.28. The monoisotopic (exact) mass is 273 g/mol. The van der Waals surface area contributed by atoms with Gasteiger partial charge in [0.05, 0.1) is 12.3 Å². The first kappa shape index (κ1) is 14.6. The molecule has 1 aromatic heterocycles. The van der Waals surface area contributed by atoms with Crippen molar-refractivity contribution in [1.82, 2.24) is 15.0 Å². The summed E-state index contributed by atoms with van der Waals surface area (Å²) in [7, 11) is 0. The van der Waals surface area contributed by atoms with Crippen LogP contribution in [-0.4, -0.2) is 21.6 Å². The van der Waals surface area contributed by atoms with Gasteiger partial charge < -0.3 is 4.74 Å². The van der Waals surface area contributed by atoms with Gasteiger partial charge in [-0.1, -0.05) is 37.3 Å². The van der Waals surface area contributed by atoms with Crippen LogP contribution in [0.5, 0.6) is 5.75 Å². The number of hydrogen-bond acceptors (Lipinski definition) is 3. The molecule has 2 aromatic rings. The number of aromatic nitrogens is 3. The summed E-state index contributed by atoms with van der Waals surface area (Å²) in [6, 6.07) is 8.24. The van der Waals surface area contributed by atoms with Crippen LogP contribution >= 0.6 is 0 Å². The molecule has 0 radical (unpaired) electrons. The maximum absolute atomic E-state index is 5.87. The normalized spacial score (nSPS) is 11.0. The highest BCUT2D eigenvalue weighted by Gasteiger charge is 2.06. The van der Waals surface area contributed by atoms with Crippen LogP contribution in [0.25, 0.3) is 0 Å². The topological polar surface area (TPSA) is 39.9 Å². The van der Waals surface area contributed by atoms with Crippen molar-refractivity contribution in [3.8, 4) is 5.75 Å². The average Bonchev–Trinajstić information content (AvgIpc) is 2.91. The molecule has 1 aromatic carbocycles. The van der Waals surface area contributed by atoms with E-state index in [0.717, 1.165) is 37.4 Å². The van der Waals surface area contributed by atoms with Gasteiger partial charge in [-0.15, -0.1) is 5.10 Å². The van der Waals surface area contributed by atoms with E-state index in [1.54, 1.807) is 0 Å². The van der Waals surface area contributed by atoms with Gasteiger partial charge in [0.15, 0.2) is 0 Å². The third kappa shape index (κ3) is 4.08. The van der Waals surface area contributed by atoms with Gasteiger partial charge in [-0.05, 0) is 37.3 Å². The van der Waals surface area contributed by atoms with E-state index in [9.17, 15) is 0 Å². The Kier molecular flexibility index (Phi) is 5.16. The summed E-state index contributed by atoms with van der Waals surface area (Å²) in [6.07, 6.45) is 3.83. The molecule has 0 amide bonds. The lowest BCUT2D eigenvalue weighted by molar-refractivity contribution is 0.268. The predicted molar refractivity (Wildman–Crippen MR) is 79.9 cm³/mol. The molecule has 0 aliphatic rings. The van der Waals surface area contributed by atoms with Crippen LogP contribution in [0, 0.1) is 5.92 Å². The fourth-order valence-electron chi connectivity index (χ4n) is 1.98. The van der Waals surface area contributed by atoms with Gasteiger partial charge in [-0.25, -0.2) is 0 Å². The van der Waals surface area contributed by atoms with Crippen molar-refractivity contribution in [1.29, 1.82) is 0 Å². The molecule has 0 saturated heterocycles. The minimum atomic E-state index is 0.535. The van der Waals surface area contributed by atoms with Crippen LogP contribution in [-0.2, 0) is 19.4 Å². The lowest BCUT2D eigenvalue weighted by Gasteiger charge is -2.12. The smallest absolute Gasteiger partial charge is 0.122 e. The van der Waals surface area contributed by atoms with Crippen molar-refractivity contribution in [3.05, 3.63) is 41.7 Å². The van der Waals surface area contributed by atoms with E-state index >= 15 is 0 Å². The van der Waals surface area contributed by atoms with Gasteiger partial charge in [0.1, 0.15) is 5.75 Å². The van der Waals surface area contributed by atoms with Crippen molar-refractivity contribution in [2.45, 2.75) is 40.2 Å². The van der Waals surface area contributed by atoms with Crippen molar-refractivity contribution in [2.24, 2.45) is 5.92 Å². The summed E-state index contributed by atoms with van der Waals surface area (Å²) in [5, 5.41) is 8.24. The molecule has 0 aliphatic heterocycles. The van der Waals surface area contributed by atoms with Crippen LogP contribution in [0.4, 0.5) is 0 Å². The predicted octanol–water partition coefficient (Wildman–Crippen LogP) is 3.12. The summed E-state index contributed by atoms with van der Waals surface area (Å²) in [4.78, 5) is 0. The lowest BCUT2D eigenvalue weighted by atomic mass is 10.1. The van der Waals surface area contributed by atoms with Crippen molar-refractivity contribution >= 4 is 0 Å². The molecule has 0 bridgehead atoms. The van der Waals surface area contributed by atoms with Gasteiger partial charge >= 0.3 is 0 Å². The number of aryl methyl sites for hydroxylation is 3. The molecular formula is C16H23N3O. The number of rotatable bonds is 7. The quantitative estimate of drug-likeness (QED) is 0.778. The highest BCUT2D eigenvalue weighted by Crippen LogP contribution is 2.20. The maximum atomic E-state index is 5.87. The Morgan fingerprint density at radius 3 is 2.70 bits per heavy atom. The molecule has 0 unspecified atom stereocenters. The van der Waals surface area contributed by atoms with Crippen LogP contribution in [0.3, 0.4) is 0 Å². The first-order chi connectivity index (χ1) is 9.69. The molecule has 0 atom stereocenters. The Bertz CT molecular complexity index is 534. The Balaban J connectivity index is 1.97. The van der Waals surface area contributed by atoms with E-state index < -0.39 is 0 Å². The highest BCUT2D eigenvalue weighted by atomic mass is 16.5. The fraction of sp³-hybridized carbons (Fsp3) is 0.500. The number of nitrogens with zero attached hydrogens (tertiary/aromatic N) is 3. The molecule has 20 heavy (non-hydrogen) atoms. The number of ether oxygens (including phenoxy) is 1. The maximum Gasteiger partial charge on any atom is 0.122 e. The second-order valence-electron chi connectivity index (χ2n) is 5.38. The third-order valence-corrected chi connectivity index (χ3v) is 3.11. The van der Waals surface area contributed by atoms with Gasteiger partial charge in [0.25, 0.3) is 0 Å². The summed E-state index contributed by atoms with van der Waals surface area (Å²) >= 11 is 0. The average molecular weight is 273 g/mol. The molecule has 108 valence electrons. The molecule has 0 N–H and O–H groups in total. The van der Waals surface area contributed by atoms with Crippen LogP contribution < -0.4 is 4.74 Å². The number of hydrogen-bond donors (Lipinski definition) is 0. The zero-order valence-corrected chi connectivity index (χ0v) is 12.5. The first-order valence-electron chi connectivity index (χ1n) is 7.28. The Morgan fingerprint density at radius 2 is 2.00 bits per heavy atom. The van der Waals surface area contributed by atoms with E-state index in [-0.39, 0.29) is 0 Å². The third-order valence-electron chi connectivity index (χ3n) is 3.11. The Hall–Kier alpha value is -1.84. The number of benzene rings is 1. The Labute approximate surface area is 120 Å². The van der Waals surface area contributed by atoms with E-state index in [2.05, 4.69) is 43.2 Å². The van der Waals surface area contributed by atoms with Gasteiger partial charge in [-0.3, -0.25) is 4.68 Å². The molecule has 1 heterocycles. The SMILES string of the molecule is CCn1cc(CCc2ccccc2OCC(C)C)nn1. The van der Waals surface area contributed by atoms with Crippen LogP contribution in [0.1, 0.15) is 32.0 Å². The molecule has 4 nitrogen and oxygen atoms in total. The van der Waals surface area contributed by atoms with Gasteiger partial charge in [0.2, 0.25) is 0 Å². The fourth-order valence-corrected chi connectivity index (χ4v) is 1.98. The number of para-hydroxylation sites is 1. The van der Waals surface area contributed by atoms with Crippen molar-refractivity contribution in [2.75, 3.05) is 6.61 Å². The Morgan fingerprint density at radius 1 is 1.20 bits per heavy atom. The summed E-state index contributed by atoms with van der Waals surface area (Å²) in [5.74, 6) is 1.52. The second kappa shape index (κ2) is 7.08. The van der Waals surface area contributed by atoms with Gasteiger partial charge in [0, 0.05) is 12.7 Å². The molecule has 4 heteroatoms. The van der Waals surface area contributed by atoms with Crippen LogP contribution in [0.2, 0.25) is 0 Å². The van der Waals surface area contributed by atoms with E-state index in [4.69, 9.17) is 4.74 Å². The van der Waals surface area contributed by atoms with Crippen LogP contribution in [0.15, 0.2) is 30.5 Å². The van der Waals surface area contributed by atoms with E-state index in [1.165, 1.54) is 5.56 Å². The molecule has 0 fully saturated rings.